The van der Waals surface area contributed by atoms with Crippen molar-refractivity contribution >= 4 is 33.2 Å². The van der Waals surface area contributed by atoms with Crippen LogP contribution < -0.4 is 10.1 Å². The standard InChI is InChI=1S/C13H16BrNO3S/c1-7-10(14)11(18-2)12(19-7)13(17)15-9-4-3-8(5-9)6-16/h3-4,8-9,16H,5-6H2,1-2H3,(H,15,17)/t8-,9+/m0/s1. The van der Waals surface area contributed by atoms with Crippen molar-refractivity contribution < 1.29 is 14.6 Å². The first kappa shape index (κ1) is 14.6. The summed E-state index contributed by atoms with van der Waals surface area (Å²) in [7, 11) is 1.56. The summed E-state index contributed by atoms with van der Waals surface area (Å²) in [6.07, 6.45) is 4.62. The van der Waals surface area contributed by atoms with Crippen molar-refractivity contribution in [3.63, 3.8) is 0 Å². The average Bonchev–Trinajstić information content (AvgIpc) is 2.95. The van der Waals surface area contributed by atoms with Crippen molar-refractivity contribution in [2.75, 3.05) is 13.7 Å². The molecule has 1 aromatic heterocycles. The van der Waals surface area contributed by atoms with Gasteiger partial charge >= 0.3 is 0 Å². The number of aliphatic hydroxyl groups excluding tert-OH is 1. The van der Waals surface area contributed by atoms with Crippen LogP contribution in [0.5, 0.6) is 5.75 Å². The molecule has 6 heteroatoms. The molecule has 104 valence electrons. The lowest BCUT2D eigenvalue weighted by Crippen LogP contribution is -2.32. The second-order valence-corrected chi connectivity index (χ2v) is 6.50. The number of carbonyl (C=O) groups excluding carboxylic acids is 1. The predicted octanol–water partition coefficient (Wildman–Crippen LogP) is 2.49. The minimum atomic E-state index is -0.135. The number of halogens is 1. The first-order chi connectivity index (χ1) is 9.06. The van der Waals surface area contributed by atoms with Crippen LogP contribution in [0.2, 0.25) is 0 Å². The molecule has 2 rings (SSSR count). The number of aryl methyl sites for hydroxylation is 1. The fourth-order valence-electron chi connectivity index (χ4n) is 2.09. The zero-order valence-corrected chi connectivity index (χ0v) is 13.2. The first-order valence-electron chi connectivity index (χ1n) is 5.99. The molecular weight excluding hydrogens is 330 g/mol. The van der Waals surface area contributed by atoms with Crippen LogP contribution >= 0.6 is 27.3 Å². The Hall–Kier alpha value is -0.850. The summed E-state index contributed by atoms with van der Waals surface area (Å²) in [4.78, 5) is 13.8. The molecule has 0 radical (unpaired) electrons. The summed E-state index contributed by atoms with van der Waals surface area (Å²) in [6.45, 7) is 2.06. The van der Waals surface area contributed by atoms with Gasteiger partial charge in [-0.25, -0.2) is 0 Å². The minimum absolute atomic E-state index is 0.0180. The van der Waals surface area contributed by atoms with Gasteiger partial charge in [-0.3, -0.25) is 4.79 Å². The second kappa shape index (κ2) is 6.07. The van der Waals surface area contributed by atoms with E-state index in [0.717, 1.165) is 15.8 Å². The number of carbonyl (C=O) groups is 1. The monoisotopic (exact) mass is 345 g/mol. The van der Waals surface area contributed by atoms with Crippen molar-refractivity contribution in [3.8, 4) is 5.75 Å². The molecule has 0 unspecified atom stereocenters. The van der Waals surface area contributed by atoms with Crippen LogP contribution in [0.15, 0.2) is 16.6 Å². The van der Waals surface area contributed by atoms with Gasteiger partial charge in [0.25, 0.3) is 5.91 Å². The number of amides is 1. The van der Waals surface area contributed by atoms with Gasteiger partial charge in [-0.2, -0.15) is 0 Å². The molecule has 0 bridgehead atoms. The van der Waals surface area contributed by atoms with Gasteiger partial charge in [0.2, 0.25) is 0 Å². The maximum atomic E-state index is 12.2. The van der Waals surface area contributed by atoms with Gasteiger partial charge in [-0.1, -0.05) is 12.2 Å². The molecule has 19 heavy (non-hydrogen) atoms. The van der Waals surface area contributed by atoms with Crippen molar-refractivity contribution in [1.29, 1.82) is 0 Å². The Morgan fingerprint density at radius 1 is 1.63 bits per heavy atom. The van der Waals surface area contributed by atoms with Gasteiger partial charge in [-0.05, 0) is 29.3 Å². The van der Waals surface area contributed by atoms with Gasteiger partial charge in [0.15, 0.2) is 5.75 Å². The molecule has 1 aromatic rings. The molecule has 2 atom stereocenters. The third-order valence-corrected chi connectivity index (χ3v) is 5.41. The zero-order chi connectivity index (χ0) is 14.0. The van der Waals surface area contributed by atoms with Gasteiger partial charge in [0.05, 0.1) is 11.6 Å². The Morgan fingerprint density at radius 3 is 2.95 bits per heavy atom. The molecule has 4 nitrogen and oxygen atoms in total. The highest BCUT2D eigenvalue weighted by atomic mass is 79.9. The van der Waals surface area contributed by atoms with E-state index in [9.17, 15) is 4.79 Å². The largest absolute Gasteiger partial charge is 0.494 e. The lowest BCUT2D eigenvalue weighted by Gasteiger charge is -2.12. The molecule has 1 aliphatic rings. The summed E-state index contributed by atoms with van der Waals surface area (Å²) in [5.74, 6) is 0.591. The zero-order valence-electron chi connectivity index (χ0n) is 10.8. The van der Waals surface area contributed by atoms with Crippen LogP contribution in [0.1, 0.15) is 21.0 Å². The Kier molecular flexibility index (Phi) is 4.65. The van der Waals surface area contributed by atoms with E-state index in [1.54, 1.807) is 7.11 Å². The summed E-state index contributed by atoms with van der Waals surface area (Å²) in [5.41, 5.74) is 0. The van der Waals surface area contributed by atoms with Crippen LogP contribution in [0, 0.1) is 12.8 Å². The van der Waals surface area contributed by atoms with Crippen LogP contribution in [0.4, 0.5) is 0 Å². The van der Waals surface area contributed by atoms with Crippen LogP contribution in [0.3, 0.4) is 0 Å². The van der Waals surface area contributed by atoms with Gasteiger partial charge < -0.3 is 15.2 Å². The number of rotatable bonds is 4. The Labute approximate surface area is 124 Å². The molecular formula is C13H16BrNO3S. The van der Waals surface area contributed by atoms with Crippen LogP contribution in [-0.4, -0.2) is 30.8 Å². The maximum absolute atomic E-state index is 12.2. The number of aliphatic hydroxyl groups is 1. The summed E-state index contributed by atoms with van der Waals surface area (Å²) >= 11 is 4.83. The van der Waals surface area contributed by atoms with Crippen molar-refractivity contribution in [2.24, 2.45) is 5.92 Å². The minimum Gasteiger partial charge on any atom is -0.494 e. The highest BCUT2D eigenvalue weighted by Crippen LogP contribution is 2.39. The number of methoxy groups -OCH3 is 1. The highest BCUT2D eigenvalue weighted by molar-refractivity contribution is 9.10. The number of hydrogen-bond donors (Lipinski definition) is 2. The van der Waals surface area contributed by atoms with E-state index in [2.05, 4.69) is 21.2 Å². The third kappa shape index (κ3) is 3.01. The number of nitrogens with one attached hydrogen (secondary N) is 1. The highest BCUT2D eigenvalue weighted by Gasteiger charge is 2.24. The third-order valence-electron chi connectivity index (χ3n) is 3.10. The van der Waals surface area contributed by atoms with Gasteiger partial charge in [0, 0.05) is 23.4 Å². The molecule has 2 N–H and O–H groups in total. The van der Waals surface area contributed by atoms with Gasteiger partial charge in [-0.15, -0.1) is 11.3 Å². The van der Waals surface area contributed by atoms with E-state index in [4.69, 9.17) is 9.84 Å². The Bertz CT molecular complexity index is 512. The molecule has 0 saturated carbocycles. The van der Waals surface area contributed by atoms with Crippen molar-refractivity contribution in [1.82, 2.24) is 5.32 Å². The second-order valence-electron chi connectivity index (χ2n) is 4.48. The molecule has 1 heterocycles. The van der Waals surface area contributed by atoms with E-state index in [1.807, 2.05) is 19.1 Å². The summed E-state index contributed by atoms with van der Waals surface area (Å²) < 4.78 is 6.10. The van der Waals surface area contributed by atoms with Gasteiger partial charge in [0.1, 0.15) is 4.88 Å². The number of thiophene rings is 1. The topological polar surface area (TPSA) is 58.6 Å². The Balaban J connectivity index is 2.09. The molecule has 0 saturated heterocycles. The first-order valence-corrected chi connectivity index (χ1v) is 7.60. The van der Waals surface area contributed by atoms with E-state index in [1.165, 1.54) is 11.3 Å². The molecule has 0 fully saturated rings. The maximum Gasteiger partial charge on any atom is 0.265 e. The normalized spacial score (nSPS) is 21.7. The van der Waals surface area contributed by atoms with E-state index in [-0.39, 0.29) is 24.5 Å². The SMILES string of the molecule is COc1c(C(=O)N[C@@H]2C=C[C@H](CO)C2)sc(C)c1Br. The summed E-state index contributed by atoms with van der Waals surface area (Å²) in [6, 6.07) is -0.0180. The lowest BCUT2D eigenvalue weighted by atomic mass is 10.1. The van der Waals surface area contributed by atoms with E-state index < -0.39 is 0 Å². The predicted molar refractivity (Wildman–Crippen MR) is 78.9 cm³/mol. The lowest BCUT2D eigenvalue weighted by molar-refractivity contribution is 0.0942. The quantitative estimate of drug-likeness (QED) is 0.824. The van der Waals surface area contributed by atoms with Crippen LogP contribution in [-0.2, 0) is 0 Å². The molecule has 0 aromatic carbocycles. The molecule has 0 aliphatic heterocycles. The van der Waals surface area contributed by atoms with Crippen molar-refractivity contribution in [3.05, 3.63) is 26.4 Å². The smallest absolute Gasteiger partial charge is 0.265 e. The fraction of sp³-hybridized carbons (Fsp3) is 0.462. The summed E-state index contributed by atoms with van der Waals surface area (Å²) in [5, 5.41) is 12.0. The van der Waals surface area contributed by atoms with Crippen LogP contribution in [0.25, 0.3) is 0 Å². The Morgan fingerprint density at radius 2 is 2.37 bits per heavy atom. The van der Waals surface area contributed by atoms with E-state index >= 15 is 0 Å². The number of ether oxygens (including phenoxy) is 1. The fourth-order valence-corrected chi connectivity index (χ4v) is 3.74. The van der Waals surface area contributed by atoms with Crippen molar-refractivity contribution in [2.45, 2.75) is 19.4 Å². The van der Waals surface area contributed by atoms with E-state index in [0.29, 0.717) is 10.6 Å². The molecule has 0 spiro atoms. The average molecular weight is 346 g/mol. The number of hydrogen-bond acceptors (Lipinski definition) is 4. The molecule has 1 amide bonds. The molecule has 1 aliphatic carbocycles.